The molecule has 0 aromatic heterocycles. The van der Waals surface area contributed by atoms with Crippen molar-refractivity contribution in [3.8, 4) is 11.5 Å². The number of carbonyl (C=O) groups is 2. The summed E-state index contributed by atoms with van der Waals surface area (Å²) in [4.78, 5) is 23.3. The molecule has 2 aromatic rings. The van der Waals surface area contributed by atoms with E-state index in [-0.39, 0.29) is 83.8 Å². The molecule has 2 rings (SSSR count). The average Bonchev–Trinajstić information content (AvgIpc) is 2.55. The first-order chi connectivity index (χ1) is 11.1. The quantitative estimate of drug-likeness (QED) is 0.292. The van der Waals surface area contributed by atoms with Crippen LogP contribution < -0.4 is 69.3 Å². The van der Waals surface area contributed by atoms with E-state index in [1.807, 2.05) is 0 Å². The van der Waals surface area contributed by atoms with Crippen LogP contribution in [0.5, 0.6) is 11.5 Å². The smallest absolute Gasteiger partial charge is 0.872 e. The monoisotopic (exact) mass is 360 g/mol. The Balaban J connectivity index is 0.00000288. The second-order valence-corrected chi connectivity index (χ2v) is 4.67. The van der Waals surface area contributed by atoms with Gasteiger partial charge < -0.3 is 19.7 Å². The van der Waals surface area contributed by atoms with E-state index >= 15 is 0 Å². The van der Waals surface area contributed by atoms with Gasteiger partial charge in [-0.2, -0.15) is 0 Å². The molecule has 8 heteroatoms. The minimum atomic E-state index is -0.539. The molecule has 2 aromatic carbocycles. The van der Waals surface area contributed by atoms with Gasteiger partial charge in [-0.05, 0) is 24.3 Å². The van der Waals surface area contributed by atoms with Crippen molar-refractivity contribution in [1.29, 1.82) is 0 Å². The minimum absolute atomic E-state index is 0. The van der Waals surface area contributed by atoms with Crippen LogP contribution in [0, 0.1) is 0 Å². The van der Waals surface area contributed by atoms with Crippen LogP contribution in [0.15, 0.2) is 48.5 Å². The molecule has 0 fully saturated rings. The topological polar surface area (TPSA) is 98.7 Å². The summed E-state index contributed by atoms with van der Waals surface area (Å²) in [6.45, 7) is 0.176. The first-order valence-electron chi connectivity index (χ1n) is 6.94. The molecule has 0 spiro atoms. The molecule has 6 nitrogen and oxygen atoms in total. The van der Waals surface area contributed by atoms with E-state index in [9.17, 15) is 19.8 Å². The molecule has 0 heterocycles. The Morgan fingerprint density at radius 3 is 1.32 bits per heavy atom. The maximum absolute atomic E-state index is 11.6. The minimum Gasteiger partial charge on any atom is -0.872 e. The summed E-state index contributed by atoms with van der Waals surface area (Å²) in [6.07, 6.45) is 0.344. The molecule has 0 unspecified atom stereocenters. The first-order valence-corrected chi connectivity index (χ1v) is 6.94. The Kier molecular flexibility index (Phi) is 11.8. The number of hydrogen-bond acceptors (Lipinski definition) is 6. The number of ether oxygens (including phenoxy) is 2. The zero-order chi connectivity index (χ0) is 16.7. The number of rotatable bonds is 6. The molecular weight excluding hydrogens is 346 g/mol. The van der Waals surface area contributed by atoms with E-state index in [1.54, 1.807) is 0 Å². The fraction of sp³-hybridized carbons (Fsp3) is 0.176. The molecule has 0 aliphatic heterocycles. The third-order valence-corrected chi connectivity index (χ3v) is 2.94. The molecule has 25 heavy (non-hydrogen) atoms. The Bertz CT molecular complexity index is 611. The molecule has 0 radical (unpaired) electrons. The van der Waals surface area contributed by atoms with Gasteiger partial charge in [0.15, 0.2) is 0 Å². The summed E-state index contributed by atoms with van der Waals surface area (Å²) in [5.41, 5.74) is 0.582. The Morgan fingerprint density at radius 2 is 1.00 bits per heavy atom. The van der Waals surface area contributed by atoms with Crippen LogP contribution in [0.2, 0.25) is 0 Å². The van der Waals surface area contributed by atoms with Crippen molar-refractivity contribution >= 4 is 11.9 Å². The molecule has 0 aliphatic carbocycles. The van der Waals surface area contributed by atoms with E-state index in [1.165, 1.54) is 48.5 Å². The van der Waals surface area contributed by atoms with Crippen LogP contribution in [-0.4, -0.2) is 25.2 Å². The number of hydrogen-bond donors (Lipinski definition) is 0. The van der Waals surface area contributed by atoms with Gasteiger partial charge in [0.2, 0.25) is 0 Å². The second-order valence-electron chi connectivity index (χ2n) is 4.67. The predicted octanol–water partition coefficient (Wildman–Crippen LogP) is -4.75. The van der Waals surface area contributed by atoms with E-state index in [2.05, 4.69) is 0 Å². The maximum Gasteiger partial charge on any atom is 1.00 e. The zero-order valence-electron chi connectivity index (χ0n) is 14.2. The Hall–Kier alpha value is -1.02. The Morgan fingerprint density at radius 1 is 0.680 bits per heavy atom. The average molecular weight is 360 g/mol. The predicted molar refractivity (Wildman–Crippen MR) is 77.0 cm³/mol. The van der Waals surface area contributed by atoms with Gasteiger partial charge in [0, 0.05) is 6.42 Å². The number of esters is 2. The van der Waals surface area contributed by atoms with Crippen molar-refractivity contribution in [2.75, 3.05) is 13.2 Å². The molecular formula is C17H14Na2O6. The maximum atomic E-state index is 11.6. The molecule has 0 bridgehead atoms. The molecule has 0 saturated carbocycles. The van der Waals surface area contributed by atoms with Crippen LogP contribution in [0.3, 0.4) is 0 Å². The SMILES string of the molecule is O=C(OCCCOC(=O)c1ccc([O-])cc1)c1ccc([O-])cc1.[Na+].[Na+]. The molecule has 0 aliphatic rings. The van der Waals surface area contributed by atoms with E-state index < -0.39 is 11.9 Å². The van der Waals surface area contributed by atoms with Crippen molar-refractivity contribution in [3.05, 3.63) is 59.7 Å². The fourth-order valence-corrected chi connectivity index (χ4v) is 1.74. The van der Waals surface area contributed by atoms with Gasteiger partial charge in [-0.1, -0.05) is 24.3 Å². The normalized spacial score (nSPS) is 9.28. The third-order valence-electron chi connectivity index (χ3n) is 2.94. The molecule has 0 amide bonds. The summed E-state index contributed by atoms with van der Waals surface area (Å²) in [7, 11) is 0. The van der Waals surface area contributed by atoms with Crippen molar-refractivity contribution in [1.82, 2.24) is 0 Å². The van der Waals surface area contributed by atoms with Crippen molar-refractivity contribution in [2.45, 2.75) is 6.42 Å². The summed E-state index contributed by atoms with van der Waals surface area (Å²) in [6, 6.07) is 10.7. The van der Waals surface area contributed by atoms with Gasteiger partial charge in [-0.25, -0.2) is 9.59 Å². The first kappa shape index (κ1) is 24.0. The van der Waals surface area contributed by atoms with Gasteiger partial charge in [0.1, 0.15) is 0 Å². The second kappa shape index (κ2) is 12.4. The largest absolute Gasteiger partial charge is 1.00 e. The van der Waals surface area contributed by atoms with Gasteiger partial charge >= 0.3 is 71.1 Å². The Labute approximate surface area is 189 Å². The van der Waals surface area contributed by atoms with Crippen molar-refractivity contribution in [2.24, 2.45) is 0 Å². The fourth-order valence-electron chi connectivity index (χ4n) is 1.74. The summed E-state index contributed by atoms with van der Waals surface area (Å²) < 4.78 is 10.00. The van der Waals surface area contributed by atoms with Crippen LogP contribution in [0.1, 0.15) is 27.1 Å². The summed E-state index contributed by atoms with van der Waals surface area (Å²) in [5, 5.41) is 21.9. The number of carbonyl (C=O) groups excluding carboxylic acids is 2. The summed E-state index contributed by atoms with van der Waals surface area (Å²) >= 11 is 0. The van der Waals surface area contributed by atoms with Crippen LogP contribution >= 0.6 is 0 Å². The van der Waals surface area contributed by atoms with E-state index in [0.717, 1.165) is 0 Å². The molecule has 0 saturated heterocycles. The molecule has 0 N–H and O–H groups in total. The van der Waals surface area contributed by atoms with Crippen LogP contribution in [-0.2, 0) is 9.47 Å². The zero-order valence-corrected chi connectivity index (χ0v) is 18.2. The summed E-state index contributed by atoms with van der Waals surface area (Å²) in [5.74, 6) is -1.44. The van der Waals surface area contributed by atoms with Gasteiger partial charge in [0.05, 0.1) is 24.3 Å². The standard InChI is InChI=1S/C17H16O6.2Na/c18-14-6-2-12(3-7-14)16(20)22-10-1-11-23-17(21)13-4-8-15(19)9-5-13;;/h2-9,18-19H,1,10-11H2;;/q;2*+1/p-2. The van der Waals surface area contributed by atoms with Crippen LogP contribution in [0.4, 0.5) is 0 Å². The van der Waals surface area contributed by atoms with Crippen molar-refractivity contribution in [3.63, 3.8) is 0 Å². The van der Waals surface area contributed by atoms with Crippen LogP contribution in [0.25, 0.3) is 0 Å². The van der Waals surface area contributed by atoms with Gasteiger partial charge in [-0.15, -0.1) is 11.5 Å². The van der Waals surface area contributed by atoms with E-state index in [0.29, 0.717) is 17.5 Å². The number of benzene rings is 2. The third kappa shape index (κ3) is 8.27. The van der Waals surface area contributed by atoms with Gasteiger partial charge in [-0.3, -0.25) is 0 Å². The van der Waals surface area contributed by atoms with Gasteiger partial charge in [0.25, 0.3) is 0 Å². The molecule has 120 valence electrons. The van der Waals surface area contributed by atoms with E-state index in [4.69, 9.17) is 9.47 Å². The van der Waals surface area contributed by atoms with Crippen molar-refractivity contribution < 1.29 is 88.4 Å². The molecule has 0 atom stereocenters.